The van der Waals surface area contributed by atoms with Crippen LogP contribution in [0, 0.1) is 0 Å². The van der Waals surface area contributed by atoms with E-state index < -0.39 is 0 Å². The maximum absolute atomic E-state index is 12.2. The number of benzene rings is 1. The summed E-state index contributed by atoms with van der Waals surface area (Å²) < 4.78 is 11.1. The van der Waals surface area contributed by atoms with Gasteiger partial charge in [-0.1, -0.05) is 6.07 Å². The maximum Gasteiger partial charge on any atom is 0.322 e. The molecule has 2 heterocycles. The molecule has 1 aromatic carbocycles. The summed E-state index contributed by atoms with van der Waals surface area (Å²) in [5.41, 5.74) is 1.75. The van der Waals surface area contributed by atoms with Gasteiger partial charge < -0.3 is 19.7 Å². The Morgan fingerprint density at radius 2 is 2.21 bits per heavy atom. The summed E-state index contributed by atoms with van der Waals surface area (Å²) in [5, 5.41) is 2.90. The van der Waals surface area contributed by atoms with Gasteiger partial charge in [0, 0.05) is 36.7 Å². The number of rotatable bonds is 4. The van der Waals surface area contributed by atoms with Crippen LogP contribution in [0.15, 0.2) is 48.8 Å². The molecule has 0 aliphatic carbocycles. The third-order valence-corrected chi connectivity index (χ3v) is 3.76. The average molecular weight is 327 g/mol. The van der Waals surface area contributed by atoms with E-state index in [2.05, 4.69) is 10.3 Å². The molecule has 1 atom stereocenters. The van der Waals surface area contributed by atoms with E-state index in [4.69, 9.17) is 9.47 Å². The first-order valence-corrected chi connectivity index (χ1v) is 8.00. The Labute approximate surface area is 141 Å². The Morgan fingerprint density at radius 3 is 2.92 bits per heavy atom. The Hall–Kier alpha value is -2.60. The van der Waals surface area contributed by atoms with Crippen molar-refractivity contribution in [1.82, 2.24) is 9.88 Å². The van der Waals surface area contributed by atoms with Crippen molar-refractivity contribution in [2.75, 3.05) is 25.0 Å². The van der Waals surface area contributed by atoms with E-state index in [1.54, 1.807) is 17.3 Å². The molecule has 2 amide bonds. The van der Waals surface area contributed by atoms with E-state index in [-0.39, 0.29) is 12.1 Å². The summed E-state index contributed by atoms with van der Waals surface area (Å²) in [6.07, 6.45) is 3.58. The molecule has 24 heavy (non-hydrogen) atoms. The molecule has 0 unspecified atom stereocenters. The number of nitrogens with one attached hydrogen (secondary N) is 1. The van der Waals surface area contributed by atoms with Gasteiger partial charge in [0.2, 0.25) is 0 Å². The fourth-order valence-electron chi connectivity index (χ4n) is 2.49. The van der Waals surface area contributed by atoms with E-state index in [0.717, 1.165) is 17.0 Å². The van der Waals surface area contributed by atoms with Gasteiger partial charge in [0.1, 0.15) is 12.4 Å². The minimum Gasteiger partial charge on any atom is -0.489 e. The summed E-state index contributed by atoms with van der Waals surface area (Å²) in [4.78, 5) is 18.0. The second-order valence-corrected chi connectivity index (χ2v) is 5.73. The van der Waals surface area contributed by atoms with Gasteiger partial charge in [-0.3, -0.25) is 4.98 Å². The monoisotopic (exact) mass is 327 g/mol. The van der Waals surface area contributed by atoms with Crippen LogP contribution < -0.4 is 10.1 Å². The van der Waals surface area contributed by atoms with Crippen LogP contribution in [-0.4, -0.2) is 41.7 Å². The first-order valence-electron chi connectivity index (χ1n) is 8.00. The number of anilines is 1. The fourth-order valence-corrected chi connectivity index (χ4v) is 2.49. The van der Waals surface area contributed by atoms with Gasteiger partial charge in [-0.2, -0.15) is 0 Å². The number of hydrogen-bond donors (Lipinski definition) is 1. The fraction of sp³-hybridized carbons (Fsp3) is 0.333. The molecule has 2 aromatic rings. The van der Waals surface area contributed by atoms with Crippen LogP contribution in [0.25, 0.3) is 0 Å². The molecule has 3 rings (SSSR count). The maximum atomic E-state index is 12.2. The van der Waals surface area contributed by atoms with Crippen molar-refractivity contribution in [2.24, 2.45) is 0 Å². The van der Waals surface area contributed by atoms with Crippen LogP contribution in [0.5, 0.6) is 5.75 Å². The van der Waals surface area contributed by atoms with Crippen molar-refractivity contribution in [1.29, 1.82) is 0 Å². The number of nitrogens with zero attached hydrogens (tertiary/aromatic N) is 2. The second-order valence-electron chi connectivity index (χ2n) is 5.73. The predicted molar refractivity (Wildman–Crippen MR) is 91.0 cm³/mol. The van der Waals surface area contributed by atoms with E-state index >= 15 is 0 Å². The van der Waals surface area contributed by atoms with Crippen LogP contribution in [0.4, 0.5) is 10.5 Å². The van der Waals surface area contributed by atoms with Crippen LogP contribution in [0.2, 0.25) is 0 Å². The number of hydrogen-bond acceptors (Lipinski definition) is 4. The molecule has 0 bridgehead atoms. The van der Waals surface area contributed by atoms with E-state index in [1.807, 2.05) is 43.3 Å². The van der Waals surface area contributed by atoms with Crippen LogP contribution in [-0.2, 0) is 11.3 Å². The molecular weight excluding hydrogens is 306 g/mol. The topological polar surface area (TPSA) is 63.7 Å². The predicted octanol–water partition coefficient (Wildman–Crippen LogP) is 2.91. The summed E-state index contributed by atoms with van der Waals surface area (Å²) >= 11 is 0. The third kappa shape index (κ3) is 4.45. The molecule has 1 fully saturated rings. The number of urea groups is 1. The van der Waals surface area contributed by atoms with E-state index in [0.29, 0.717) is 26.3 Å². The number of carbonyl (C=O) groups is 1. The van der Waals surface area contributed by atoms with Crippen molar-refractivity contribution in [3.8, 4) is 5.75 Å². The lowest BCUT2D eigenvalue weighted by Gasteiger charge is -2.31. The van der Waals surface area contributed by atoms with Gasteiger partial charge in [-0.25, -0.2) is 4.79 Å². The van der Waals surface area contributed by atoms with Crippen LogP contribution in [0.3, 0.4) is 0 Å². The number of ether oxygens (including phenoxy) is 2. The minimum atomic E-state index is -0.103. The normalized spacial score (nSPS) is 17.4. The molecule has 0 saturated carbocycles. The van der Waals surface area contributed by atoms with Crippen molar-refractivity contribution in [2.45, 2.75) is 19.6 Å². The van der Waals surface area contributed by atoms with Crippen LogP contribution >= 0.6 is 0 Å². The summed E-state index contributed by atoms with van der Waals surface area (Å²) in [6.45, 7) is 4.23. The number of carbonyl (C=O) groups excluding carboxylic acids is 1. The lowest BCUT2D eigenvalue weighted by molar-refractivity contribution is -0.00138. The molecule has 126 valence electrons. The van der Waals surface area contributed by atoms with Crippen molar-refractivity contribution in [3.05, 3.63) is 54.4 Å². The van der Waals surface area contributed by atoms with Crippen LogP contribution in [0.1, 0.15) is 12.5 Å². The standard InChI is InChI=1S/C18H21N3O3/c1-14-12-21(9-10-23-14)18(22)20-16-4-6-17(7-5-16)24-13-15-3-2-8-19-11-15/h2-8,11,14H,9-10,12-13H2,1H3,(H,20,22)/t14-/m0/s1. The lowest BCUT2D eigenvalue weighted by Crippen LogP contribution is -2.46. The van der Waals surface area contributed by atoms with Gasteiger partial charge >= 0.3 is 6.03 Å². The smallest absolute Gasteiger partial charge is 0.322 e. The van der Waals surface area contributed by atoms with Crippen molar-refractivity contribution >= 4 is 11.7 Å². The largest absolute Gasteiger partial charge is 0.489 e. The molecule has 6 nitrogen and oxygen atoms in total. The number of aromatic nitrogens is 1. The molecule has 1 aliphatic rings. The molecule has 1 aliphatic heterocycles. The summed E-state index contributed by atoms with van der Waals surface area (Å²) in [7, 11) is 0. The number of pyridine rings is 1. The van der Waals surface area contributed by atoms with Gasteiger partial charge in [0.25, 0.3) is 0 Å². The Bertz CT molecular complexity index is 661. The van der Waals surface area contributed by atoms with Crippen molar-refractivity contribution < 1.29 is 14.3 Å². The molecule has 1 aromatic heterocycles. The van der Waals surface area contributed by atoms with Gasteiger partial charge in [-0.05, 0) is 37.3 Å². The lowest BCUT2D eigenvalue weighted by atomic mass is 10.3. The molecule has 6 heteroatoms. The van der Waals surface area contributed by atoms with Gasteiger partial charge in [0.05, 0.1) is 12.7 Å². The first-order chi connectivity index (χ1) is 11.7. The number of morpholine rings is 1. The van der Waals surface area contributed by atoms with Crippen molar-refractivity contribution in [3.63, 3.8) is 0 Å². The molecule has 0 spiro atoms. The Balaban J connectivity index is 1.51. The molecule has 0 radical (unpaired) electrons. The van der Waals surface area contributed by atoms with Gasteiger partial charge in [-0.15, -0.1) is 0 Å². The SMILES string of the molecule is C[C@H]1CN(C(=O)Nc2ccc(OCc3cccnc3)cc2)CCO1. The Kier molecular flexibility index (Phi) is 5.28. The number of amides is 2. The van der Waals surface area contributed by atoms with Gasteiger partial charge in [0.15, 0.2) is 0 Å². The second kappa shape index (κ2) is 7.79. The quantitative estimate of drug-likeness (QED) is 0.938. The molecular formula is C18H21N3O3. The first kappa shape index (κ1) is 16.3. The summed E-state index contributed by atoms with van der Waals surface area (Å²) in [6, 6.07) is 11.1. The van der Waals surface area contributed by atoms with E-state index in [1.165, 1.54) is 0 Å². The average Bonchev–Trinajstić information content (AvgIpc) is 2.62. The minimum absolute atomic E-state index is 0.0766. The molecule has 1 saturated heterocycles. The zero-order valence-corrected chi connectivity index (χ0v) is 13.6. The zero-order valence-electron chi connectivity index (χ0n) is 13.6. The highest BCUT2D eigenvalue weighted by molar-refractivity contribution is 5.89. The highest BCUT2D eigenvalue weighted by Gasteiger charge is 2.21. The molecule has 1 N–H and O–H groups in total. The zero-order chi connectivity index (χ0) is 16.8. The highest BCUT2D eigenvalue weighted by Crippen LogP contribution is 2.18. The highest BCUT2D eigenvalue weighted by atomic mass is 16.5. The van der Waals surface area contributed by atoms with E-state index in [9.17, 15) is 4.79 Å². The summed E-state index contributed by atoms with van der Waals surface area (Å²) in [5.74, 6) is 0.747. The third-order valence-electron chi connectivity index (χ3n) is 3.76. The Morgan fingerprint density at radius 1 is 1.38 bits per heavy atom.